The lowest BCUT2D eigenvalue weighted by molar-refractivity contribution is -0.929. The van der Waals surface area contributed by atoms with E-state index in [-0.39, 0.29) is 0 Å². The molecule has 0 unspecified atom stereocenters. The lowest BCUT2D eigenvalue weighted by Gasteiger charge is -2.48. The van der Waals surface area contributed by atoms with Crippen molar-refractivity contribution in [2.75, 3.05) is 78.5 Å². The van der Waals surface area contributed by atoms with Crippen LogP contribution < -0.4 is 14.4 Å². The van der Waals surface area contributed by atoms with Gasteiger partial charge in [0.05, 0.1) is 78.5 Å². The molecule has 0 aliphatic carbocycles. The number of quaternary nitrogens is 3. The molecule has 0 aliphatic heterocycles. The molecule has 344 valence electrons. The Bertz CT molecular complexity index is 534. The molecule has 0 rings (SSSR count). The Labute approximate surface area is 356 Å². The van der Waals surface area contributed by atoms with Gasteiger partial charge < -0.3 is 32.6 Å². The average Bonchev–Trinajstić information content (AvgIpc) is 3.19. The predicted molar refractivity (Wildman–Crippen MR) is 246 cm³/mol. The Kier molecular flexibility index (Phi) is 49.7. The van der Waals surface area contributed by atoms with Crippen LogP contribution in [0, 0.1) is 0 Å². The van der Waals surface area contributed by atoms with E-state index in [1.807, 2.05) is 0 Å². The van der Waals surface area contributed by atoms with Crippen LogP contribution in [0.5, 0.6) is 0 Å². The van der Waals surface area contributed by atoms with E-state index in [0.29, 0.717) is 0 Å². The fraction of sp³-hybridized carbons (Fsp3) is 1.00. The molecule has 0 bridgehead atoms. The lowest BCUT2D eigenvalue weighted by atomic mass is 10.1. The van der Waals surface area contributed by atoms with E-state index >= 15 is 0 Å². The highest BCUT2D eigenvalue weighted by molar-refractivity contribution is 6.40. The van der Waals surface area contributed by atoms with E-state index in [1.165, 1.54) is 246 Å². The molecule has 0 aromatic heterocycles. The maximum atomic E-state index is 8.69. The molecule has 0 spiro atoms. The molecule has 56 heavy (non-hydrogen) atoms. The third kappa shape index (κ3) is 42.1. The van der Waals surface area contributed by atoms with Gasteiger partial charge in [-0.3, -0.25) is 0 Å². The van der Waals surface area contributed by atoms with Crippen molar-refractivity contribution in [1.82, 2.24) is 0 Å². The van der Waals surface area contributed by atoms with Crippen LogP contribution in [0.3, 0.4) is 0 Å². The van der Waals surface area contributed by atoms with E-state index in [1.54, 1.807) is 0 Å². The summed E-state index contributed by atoms with van der Waals surface area (Å²) in [5.74, 6) is 0. The normalized spacial score (nSPS) is 12.0. The van der Waals surface area contributed by atoms with Crippen molar-refractivity contribution in [3.8, 4) is 0 Å². The molecule has 0 atom stereocenters. The third-order valence-corrected chi connectivity index (χ3v) is 11.8. The summed E-state index contributed by atoms with van der Waals surface area (Å²) in [6.07, 6.45) is 33.2. The summed E-state index contributed by atoms with van der Waals surface area (Å²) in [5.41, 5.74) is 0. The zero-order chi connectivity index (χ0) is 43.5. The first-order chi connectivity index (χ1) is 26.7. The number of unbranched alkanes of at least 4 members (excludes halogenated alkanes) is 12. The van der Waals surface area contributed by atoms with Gasteiger partial charge in [-0.15, -0.1) is 9.05 Å². The first-order valence-corrected chi connectivity index (χ1v) is 26.8. The Balaban J connectivity index is -0.000000340. The molecule has 0 aromatic rings. The maximum absolute atomic E-state index is 8.69. The zero-order valence-corrected chi connectivity index (χ0v) is 42.0. The Morgan fingerprint density at radius 2 is 0.321 bits per heavy atom. The van der Waals surface area contributed by atoms with Gasteiger partial charge >= 0.3 is 0 Å². The molecule has 1 N–H and O–H groups in total. The Morgan fingerprint density at radius 1 is 0.250 bits per heavy atom. The minimum Gasteiger partial charge on any atom is -0.861 e. The number of hydrogen-bond acceptors (Lipinski definition) is 4. The standard InChI is InChI=1S/3C16H36N.HO4Si/c3*1-5-9-13-17(14-10-6-2,15-11-7-3)16-12-8-4;1-5(2,3)4/h3*5-16H2,1-4H3;1H/q3*+1;-3. The van der Waals surface area contributed by atoms with Crippen molar-refractivity contribution < 1.29 is 32.6 Å². The molecule has 0 aliphatic rings. The summed E-state index contributed by atoms with van der Waals surface area (Å²) in [7, 11) is -5.36. The van der Waals surface area contributed by atoms with Crippen LogP contribution in [0.25, 0.3) is 0 Å². The molecule has 0 saturated carbocycles. The van der Waals surface area contributed by atoms with Gasteiger partial charge in [-0.1, -0.05) is 160 Å². The predicted octanol–water partition coefficient (Wildman–Crippen LogP) is 10.5. The van der Waals surface area contributed by atoms with E-state index in [4.69, 9.17) is 19.2 Å². The van der Waals surface area contributed by atoms with E-state index < -0.39 is 9.05 Å². The van der Waals surface area contributed by atoms with E-state index in [9.17, 15) is 0 Å². The quantitative estimate of drug-likeness (QED) is 0.0504. The number of rotatable bonds is 36. The minimum atomic E-state index is -5.36. The average molecular weight is 821 g/mol. The van der Waals surface area contributed by atoms with Crippen LogP contribution in [-0.2, 0) is 0 Å². The molecular weight excluding hydrogens is 711 g/mol. The fourth-order valence-electron chi connectivity index (χ4n) is 7.93. The topological polar surface area (TPSA) is 89.4 Å². The molecule has 7 nitrogen and oxygen atoms in total. The molecule has 0 saturated heterocycles. The molecule has 8 heteroatoms. The molecule has 0 amide bonds. The monoisotopic (exact) mass is 820 g/mol. The second kappa shape index (κ2) is 44.5. The summed E-state index contributed by atoms with van der Waals surface area (Å²) < 4.78 is 4.26. The SMILES string of the molecule is CCCC[N+](CCCC)(CCCC)CCCC.CCCC[N+](CCCC)(CCCC)CCCC.CCCC[N+](CCCC)(CCCC)CCCC.[O-][Si]([O-])([O-])O. The maximum Gasteiger partial charge on any atom is 0.0786 e. The van der Waals surface area contributed by atoms with Gasteiger partial charge in [0.15, 0.2) is 0 Å². The summed E-state index contributed by atoms with van der Waals surface area (Å²) >= 11 is 0. The van der Waals surface area contributed by atoms with Gasteiger partial charge in [0.2, 0.25) is 0 Å². The first kappa shape index (κ1) is 62.6. The summed E-state index contributed by atoms with van der Waals surface area (Å²) in [5, 5.41) is 0. The number of nitrogens with zero attached hydrogens (tertiary/aromatic N) is 3. The highest BCUT2D eigenvalue weighted by Crippen LogP contribution is 2.19. The fourth-order valence-corrected chi connectivity index (χ4v) is 7.93. The van der Waals surface area contributed by atoms with Crippen molar-refractivity contribution >= 4 is 9.05 Å². The second-order valence-electron chi connectivity index (χ2n) is 17.5. The largest absolute Gasteiger partial charge is 0.861 e. The van der Waals surface area contributed by atoms with Crippen molar-refractivity contribution in [2.45, 2.75) is 237 Å². The smallest absolute Gasteiger partial charge is 0.0786 e. The van der Waals surface area contributed by atoms with Crippen LogP contribution in [0.4, 0.5) is 0 Å². The summed E-state index contributed by atoms with van der Waals surface area (Å²) in [4.78, 5) is 33.1. The van der Waals surface area contributed by atoms with Gasteiger partial charge in [0, 0.05) is 0 Å². The van der Waals surface area contributed by atoms with Gasteiger partial charge in [0.25, 0.3) is 0 Å². The summed E-state index contributed by atoms with van der Waals surface area (Å²) in [6, 6.07) is 0. The van der Waals surface area contributed by atoms with Crippen LogP contribution in [0.15, 0.2) is 0 Å². The lowest BCUT2D eigenvalue weighted by Crippen LogP contribution is -2.73. The highest BCUT2D eigenvalue weighted by Gasteiger charge is 2.26. The van der Waals surface area contributed by atoms with E-state index in [2.05, 4.69) is 83.1 Å². The van der Waals surface area contributed by atoms with Crippen molar-refractivity contribution in [1.29, 1.82) is 0 Å². The van der Waals surface area contributed by atoms with E-state index in [0.717, 1.165) is 0 Å². The minimum absolute atomic E-state index is 1.35. The van der Waals surface area contributed by atoms with Crippen molar-refractivity contribution in [2.24, 2.45) is 0 Å². The van der Waals surface area contributed by atoms with Crippen LogP contribution >= 0.6 is 0 Å². The Hall–Kier alpha value is -0.0631. The van der Waals surface area contributed by atoms with Gasteiger partial charge in [0.1, 0.15) is 0 Å². The highest BCUT2D eigenvalue weighted by atomic mass is 28.4. The van der Waals surface area contributed by atoms with Crippen LogP contribution in [0.1, 0.15) is 237 Å². The molecule has 0 radical (unpaired) electrons. The summed E-state index contributed by atoms with van der Waals surface area (Å²) in [6.45, 7) is 45.1. The van der Waals surface area contributed by atoms with Gasteiger partial charge in [-0.2, -0.15) is 0 Å². The van der Waals surface area contributed by atoms with Crippen LogP contribution in [0.2, 0.25) is 0 Å². The zero-order valence-electron chi connectivity index (χ0n) is 41.0. The Morgan fingerprint density at radius 3 is 0.375 bits per heavy atom. The van der Waals surface area contributed by atoms with Crippen molar-refractivity contribution in [3.63, 3.8) is 0 Å². The first-order valence-electron chi connectivity index (χ1n) is 25.1. The molecule has 0 heterocycles. The van der Waals surface area contributed by atoms with Gasteiger partial charge in [-0.25, -0.2) is 0 Å². The van der Waals surface area contributed by atoms with Crippen molar-refractivity contribution in [3.05, 3.63) is 0 Å². The molecular formula is C48H109N3O4Si. The molecule has 0 aromatic carbocycles. The number of hydrogen-bond donors (Lipinski definition) is 1. The second-order valence-corrected chi connectivity index (χ2v) is 18.5. The van der Waals surface area contributed by atoms with Crippen LogP contribution in [-0.4, -0.2) is 106 Å². The van der Waals surface area contributed by atoms with Gasteiger partial charge in [-0.05, 0) is 77.0 Å². The third-order valence-electron chi connectivity index (χ3n) is 11.8. The molecule has 0 fully saturated rings.